The molecule has 282 valence electrons. The van der Waals surface area contributed by atoms with E-state index in [-0.39, 0.29) is 17.2 Å². The van der Waals surface area contributed by atoms with E-state index in [4.69, 9.17) is 23.7 Å². The Bertz CT molecular complexity index is 2140. The molecule has 11 heteroatoms. The molecule has 0 amide bonds. The van der Waals surface area contributed by atoms with Gasteiger partial charge < -0.3 is 33.2 Å². The van der Waals surface area contributed by atoms with E-state index >= 15 is 0 Å². The highest BCUT2D eigenvalue weighted by Crippen LogP contribution is 2.58. The number of methoxy groups -OCH3 is 2. The van der Waals surface area contributed by atoms with Gasteiger partial charge in [-0.3, -0.25) is 4.98 Å². The van der Waals surface area contributed by atoms with Gasteiger partial charge in [-0.05, 0) is 92.9 Å². The van der Waals surface area contributed by atoms with Gasteiger partial charge in [0.15, 0.2) is 0 Å². The highest BCUT2D eigenvalue weighted by Gasteiger charge is 2.55. The standard InChI is InChI=1S/C43H48N4O7/c1-46(29-18-32(19-29)54-40-12-8-28(25-45-40)27-7-10-34-37-26-44-14-13-38(37)47(2)39(34)17-27)30-21-43(22-30)23-33(24-43)53-16-6-5-15-52-31-9-11-35(41(48)50-3)36(20-31)42(49)51-4/h7-14,17,20,25-26,29-30,32-33H,5-6,15-16,18-19,21-24H2,1-4H3. The summed E-state index contributed by atoms with van der Waals surface area (Å²) < 4.78 is 30.1. The molecule has 3 aliphatic carbocycles. The summed E-state index contributed by atoms with van der Waals surface area (Å²) in [4.78, 5) is 35.7. The minimum atomic E-state index is -0.611. The molecule has 0 atom stereocenters. The highest BCUT2D eigenvalue weighted by atomic mass is 16.5. The first-order valence-electron chi connectivity index (χ1n) is 19.0. The zero-order valence-corrected chi connectivity index (χ0v) is 31.5. The molecule has 54 heavy (non-hydrogen) atoms. The number of hydrogen-bond acceptors (Lipinski definition) is 10. The first kappa shape index (κ1) is 36.0. The molecule has 8 rings (SSSR count). The number of carbonyl (C=O) groups is 2. The fraction of sp³-hybridized carbons (Fsp3) is 0.442. The molecule has 3 aliphatic rings. The molecule has 5 aromatic rings. The van der Waals surface area contributed by atoms with Crippen molar-refractivity contribution in [2.75, 3.05) is 34.5 Å². The number of benzene rings is 2. The monoisotopic (exact) mass is 732 g/mol. The first-order valence-corrected chi connectivity index (χ1v) is 19.0. The maximum absolute atomic E-state index is 12.1. The van der Waals surface area contributed by atoms with Gasteiger partial charge in [-0.15, -0.1) is 0 Å². The van der Waals surface area contributed by atoms with Crippen LogP contribution in [0.1, 0.15) is 72.1 Å². The van der Waals surface area contributed by atoms with Gasteiger partial charge in [0.2, 0.25) is 5.88 Å². The molecule has 3 fully saturated rings. The maximum atomic E-state index is 12.1. The Labute approximate surface area is 315 Å². The largest absolute Gasteiger partial charge is 0.494 e. The molecule has 0 aliphatic heterocycles. The zero-order chi connectivity index (χ0) is 37.4. The highest BCUT2D eigenvalue weighted by molar-refractivity contribution is 6.08. The summed E-state index contributed by atoms with van der Waals surface area (Å²) in [6.45, 7) is 1.20. The first-order chi connectivity index (χ1) is 26.2. The number of ether oxygens (including phenoxy) is 5. The lowest BCUT2D eigenvalue weighted by Gasteiger charge is -2.61. The van der Waals surface area contributed by atoms with Gasteiger partial charge in [0.05, 0.1) is 43.6 Å². The number of nitrogens with zero attached hydrogens (tertiary/aromatic N) is 4. The van der Waals surface area contributed by atoms with Gasteiger partial charge in [-0.1, -0.05) is 12.1 Å². The average molecular weight is 733 g/mol. The number of pyridine rings is 2. The minimum Gasteiger partial charge on any atom is -0.494 e. The Balaban J connectivity index is 0.712. The number of fused-ring (bicyclic) bond motifs is 3. The number of esters is 2. The van der Waals surface area contributed by atoms with E-state index < -0.39 is 11.9 Å². The van der Waals surface area contributed by atoms with Gasteiger partial charge >= 0.3 is 11.9 Å². The van der Waals surface area contributed by atoms with Crippen LogP contribution < -0.4 is 9.47 Å². The third kappa shape index (κ3) is 7.02. The summed E-state index contributed by atoms with van der Waals surface area (Å²) >= 11 is 0. The molecule has 0 saturated heterocycles. The number of hydrogen-bond donors (Lipinski definition) is 0. The van der Waals surface area contributed by atoms with Crippen LogP contribution in [0, 0.1) is 5.41 Å². The fourth-order valence-corrected chi connectivity index (χ4v) is 8.70. The minimum absolute atomic E-state index is 0.125. The van der Waals surface area contributed by atoms with Crippen molar-refractivity contribution < 1.29 is 33.3 Å². The van der Waals surface area contributed by atoms with Crippen molar-refractivity contribution in [3.63, 3.8) is 0 Å². The average Bonchev–Trinajstić information content (AvgIpc) is 3.44. The normalized spacial score (nSPS) is 23.1. The third-order valence-corrected chi connectivity index (χ3v) is 12.0. The van der Waals surface area contributed by atoms with Gasteiger partial charge in [0.25, 0.3) is 0 Å². The number of rotatable bonds is 14. The van der Waals surface area contributed by atoms with Crippen LogP contribution in [0.3, 0.4) is 0 Å². The third-order valence-electron chi connectivity index (χ3n) is 12.0. The quantitative estimate of drug-likeness (QED) is 0.0846. The van der Waals surface area contributed by atoms with E-state index in [0.717, 1.165) is 49.7 Å². The lowest BCUT2D eigenvalue weighted by atomic mass is 9.52. The predicted octanol–water partition coefficient (Wildman–Crippen LogP) is 7.39. The number of unbranched alkanes of at least 4 members (excludes halogenated alkanes) is 1. The Morgan fingerprint density at radius 3 is 2.31 bits per heavy atom. The fourth-order valence-electron chi connectivity index (χ4n) is 8.70. The smallest absolute Gasteiger partial charge is 0.338 e. The topological polar surface area (TPSA) is 114 Å². The van der Waals surface area contributed by atoms with Crippen molar-refractivity contribution in [3.05, 3.63) is 84.3 Å². The summed E-state index contributed by atoms with van der Waals surface area (Å²) in [6.07, 6.45) is 14.9. The van der Waals surface area contributed by atoms with E-state index in [1.54, 1.807) is 6.07 Å². The molecular formula is C43H48N4O7. The molecule has 3 saturated carbocycles. The van der Waals surface area contributed by atoms with Crippen LogP contribution in [0.15, 0.2) is 73.2 Å². The second-order valence-corrected chi connectivity index (χ2v) is 15.3. The summed E-state index contributed by atoms with van der Waals surface area (Å²) in [6, 6.07) is 18.6. The Morgan fingerprint density at radius 2 is 1.56 bits per heavy atom. The van der Waals surface area contributed by atoms with Crippen LogP contribution in [0.5, 0.6) is 11.6 Å². The molecular weight excluding hydrogens is 684 g/mol. The summed E-state index contributed by atoms with van der Waals surface area (Å²) in [7, 11) is 6.93. The lowest BCUT2D eigenvalue weighted by Crippen LogP contribution is -2.61. The van der Waals surface area contributed by atoms with Crippen LogP contribution >= 0.6 is 0 Å². The molecule has 0 radical (unpaired) electrons. The zero-order valence-electron chi connectivity index (χ0n) is 31.5. The molecule has 3 heterocycles. The molecule has 0 unspecified atom stereocenters. The Morgan fingerprint density at radius 1 is 0.796 bits per heavy atom. The molecule has 11 nitrogen and oxygen atoms in total. The van der Waals surface area contributed by atoms with Crippen molar-refractivity contribution in [3.8, 4) is 22.8 Å². The van der Waals surface area contributed by atoms with Crippen LogP contribution in [0.2, 0.25) is 0 Å². The Hall–Kier alpha value is -5.00. The van der Waals surface area contributed by atoms with E-state index in [0.29, 0.717) is 48.4 Å². The molecule has 0 bridgehead atoms. The van der Waals surface area contributed by atoms with Crippen LogP contribution in [-0.2, 0) is 21.3 Å². The molecule has 0 N–H and O–H groups in total. The van der Waals surface area contributed by atoms with Crippen LogP contribution in [0.25, 0.3) is 32.9 Å². The van der Waals surface area contributed by atoms with Gasteiger partial charge in [0.1, 0.15) is 11.9 Å². The second-order valence-electron chi connectivity index (χ2n) is 15.3. The molecule has 1 spiro atoms. The Kier molecular flexibility index (Phi) is 10.0. The maximum Gasteiger partial charge on any atom is 0.338 e. The summed E-state index contributed by atoms with van der Waals surface area (Å²) in [5.74, 6) is -0.00762. The lowest BCUT2D eigenvalue weighted by molar-refractivity contribution is -0.154. The van der Waals surface area contributed by atoms with Crippen molar-refractivity contribution in [1.29, 1.82) is 0 Å². The van der Waals surface area contributed by atoms with Crippen LogP contribution in [-0.4, -0.2) is 90.1 Å². The van der Waals surface area contributed by atoms with E-state index in [1.165, 1.54) is 61.0 Å². The van der Waals surface area contributed by atoms with E-state index in [2.05, 4.69) is 63.9 Å². The number of aryl methyl sites for hydroxylation is 1. The van der Waals surface area contributed by atoms with Crippen LogP contribution in [0.4, 0.5) is 0 Å². The van der Waals surface area contributed by atoms with Crippen molar-refractivity contribution in [2.24, 2.45) is 12.5 Å². The second kappa shape index (κ2) is 15.0. The number of aromatic nitrogens is 3. The van der Waals surface area contributed by atoms with Gasteiger partial charge in [-0.2, -0.15) is 0 Å². The van der Waals surface area contributed by atoms with Crippen molar-refractivity contribution in [2.45, 2.75) is 75.7 Å². The SMILES string of the molecule is COC(=O)c1ccc(OCCCCOC2CC3(C2)CC(N(C)C2CC(Oc4ccc(-c5ccc6c7cnccc7n(C)c6c5)cn4)C2)C3)cc1C(=O)OC. The van der Waals surface area contributed by atoms with Crippen molar-refractivity contribution >= 4 is 33.7 Å². The number of carbonyl (C=O) groups excluding carboxylic acids is 2. The molecule has 2 aromatic carbocycles. The van der Waals surface area contributed by atoms with E-state index in [1.807, 2.05) is 24.7 Å². The summed E-state index contributed by atoms with van der Waals surface area (Å²) in [5.41, 5.74) is 5.31. The summed E-state index contributed by atoms with van der Waals surface area (Å²) in [5, 5.41) is 2.38. The van der Waals surface area contributed by atoms with E-state index in [9.17, 15) is 9.59 Å². The van der Waals surface area contributed by atoms with Crippen molar-refractivity contribution in [1.82, 2.24) is 19.4 Å². The molecule has 3 aromatic heterocycles. The van der Waals surface area contributed by atoms with Gasteiger partial charge in [0, 0.05) is 85.1 Å². The predicted molar refractivity (Wildman–Crippen MR) is 205 cm³/mol. The van der Waals surface area contributed by atoms with Gasteiger partial charge in [-0.25, -0.2) is 14.6 Å².